The lowest BCUT2D eigenvalue weighted by Crippen LogP contribution is -2.44. The van der Waals surface area contributed by atoms with Crippen LogP contribution in [0.2, 0.25) is 0 Å². The Morgan fingerprint density at radius 2 is 1.89 bits per heavy atom. The SMILES string of the molecule is CCN1C(=O)OCC(=O)N2CC/C(=N\S(C)(=O)=O)C2COC2CCC1CC2. The van der Waals surface area contributed by atoms with E-state index in [1.54, 1.807) is 4.90 Å². The summed E-state index contributed by atoms with van der Waals surface area (Å²) in [6.45, 7) is 2.60. The Morgan fingerprint density at radius 1 is 1.19 bits per heavy atom. The summed E-state index contributed by atoms with van der Waals surface area (Å²) in [6, 6.07) is -0.438. The first-order valence-electron chi connectivity index (χ1n) is 9.41. The van der Waals surface area contributed by atoms with Gasteiger partial charge in [-0.3, -0.25) is 4.79 Å². The van der Waals surface area contributed by atoms with Crippen molar-refractivity contribution in [3.05, 3.63) is 0 Å². The number of hydrogen-bond acceptors (Lipinski definition) is 6. The van der Waals surface area contributed by atoms with Gasteiger partial charge in [-0.15, -0.1) is 0 Å². The van der Waals surface area contributed by atoms with Gasteiger partial charge in [-0.05, 0) is 32.6 Å². The number of amides is 2. The predicted molar refractivity (Wildman–Crippen MR) is 98.1 cm³/mol. The summed E-state index contributed by atoms with van der Waals surface area (Å²) in [5, 5.41) is 0. The number of hydrogen-bond donors (Lipinski definition) is 0. The quantitative estimate of drug-likeness (QED) is 0.677. The Balaban J connectivity index is 1.84. The molecule has 9 nitrogen and oxygen atoms in total. The summed E-state index contributed by atoms with van der Waals surface area (Å²) in [5.74, 6) is -0.363. The normalized spacial score (nSPS) is 31.9. The fourth-order valence-corrected chi connectivity index (χ4v) is 4.76. The minimum absolute atomic E-state index is 0.0359. The van der Waals surface area contributed by atoms with Gasteiger partial charge in [-0.25, -0.2) is 13.2 Å². The van der Waals surface area contributed by atoms with Crippen molar-refractivity contribution in [1.29, 1.82) is 0 Å². The fraction of sp³-hybridized carbons (Fsp3) is 0.824. The smallest absolute Gasteiger partial charge is 0.410 e. The third-order valence-corrected chi connectivity index (χ3v) is 6.01. The van der Waals surface area contributed by atoms with Gasteiger partial charge in [0.15, 0.2) is 6.61 Å². The summed E-state index contributed by atoms with van der Waals surface area (Å²) in [4.78, 5) is 28.2. The average Bonchev–Trinajstić information content (AvgIpc) is 3.00. The Hall–Kier alpha value is -1.68. The van der Waals surface area contributed by atoms with Gasteiger partial charge >= 0.3 is 6.09 Å². The Morgan fingerprint density at radius 3 is 2.52 bits per heavy atom. The zero-order chi connectivity index (χ0) is 19.6. The molecule has 0 N–H and O–H groups in total. The highest BCUT2D eigenvalue weighted by Gasteiger charge is 2.38. The molecular weight excluding hydrogens is 374 g/mol. The molecular formula is C17H27N3O6S. The molecule has 1 atom stereocenters. The van der Waals surface area contributed by atoms with Crippen LogP contribution < -0.4 is 0 Å². The van der Waals surface area contributed by atoms with Gasteiger partial charge in [0, 0.05) is 25.6 Å². The molecule has 1 unspecified atom stereocenters. The van der Waals surface area contributed by atoms with Crippen LogP contribution in [0, 0.1) is 0 Å². The number of carbonyl (C=O) groups excluding carboxylic acids is 2. The molecule has 3 saturated heterocycles. The molecule has 4 aliphatic rings. The van der Waals surface area contributed by atoms with Crippen molar-refractivity contribution < 1.29 is 27.5 Å². The molecule has 3 heterocycles. The second kappa shape index (κ2) is 8.14. The summed E-state index contributed by atoms with van der Waals surface area (Å²) < 4.78 is 38.3. The number of rotatable bonds is 2. The Bertz CT molecular complexity index is 714. The van der Waals surface area contributed by atoms with Crippen LogP contribution in [0.4, 0.5) is 4.79 Å². The highest BCUT2D eigenvalue weighted by atomic mass is 32.2. The van der Waals surface area contributed by atoms with Crippen molar-refractivity contribution >= 4 is 27.7 Å². The summed E-state index contributed by atoms with van der Waals surface area (Å²) in [6.07, 6.45) is 4.23. The lowest BCUT2D eigenvalue weighted by molar-refractivity contribution is -0.136. The van der Waals surface area contributed by atoms with Crippen LogP contribution in [0.3, 0.4) is 0 Å². The Kier molecular flexibility index (Phi) is 6.05. The van der Waals surface area contributed by atoms with Crippen LogP contribution in [0.15, 0.2) is 4.40 Å². The topological polar surface area (TPSA) is 106 Å². The van der Waals surface area contributed by atoms with Crippen molar-refractivity contribution in [3.8, 4) is 0 Å². The van der Waals surface area contributed by atoms with Gasteiger partial charge in [-0.1, -0.05) is 0 Å². The van der Waals surface area contributed by atoms with Gasteiger partial charge < -0.3 is 19.3 Å². The van der Waals surface area contributed by atoms with Gasteiger partial charge in [0.25, 0.3) is 5.91 Å². The molecule has 27 heavy (non-hydrogen) atoms. The van der Waals surface area contributed by atoms with Crippen molar-refractivity contribution in [3.63, 3.8) is 0 Å². The van der Waals surface area contributed by atoms with Crippen molar-refractivity contribution in [1.82, 2.24) is 9.80 Å². The third kappa shape index (κ3) is 4.78. The second-order valence-electron chi connectivity index (χ2n) is 7.27. The molecule has 2 amide bonds. The van der Waals surface area contributed by atoms with Crippen LogP contribution in [0.5, 0.6) is 0 Å². The first-order chi connectivity index (χ1) is 12.8. The van der Waals surface area contributed by atoms with E-state index in [1.165, 1.54) is 4.90 Å². The summed E-state index contributed by atoms with van der Waals surface area (Å²) >= 11 is 0. The van der Waals surface area contributed by atoms with E-state index in [2.05, 4.69) is 4.40 Å². The molecule has 4 rings (SSSR count). The molecule has 2 bridgehead atoms. The molecule has 1 aliphatic carbocycles. The van der Waals surface area contributed by atoms with E-state index in [0.29, 0.717) is 25.2 Å². The first kappa shape index (κ1) is 20.1. The highest BCUT2D eigenvalue weighted by Crippen LogP contribution is 2.27. The molecule has 3 aliphatic heterocycles. The molecule has 0 aromatic heterocycles. The van der Waals surface area contributed by atoms with Gasteiger partial charge in [0.05, 0.1) is 30.7 Å². The van der Waals surface area contributed by atoms with Crippen LogP contribution in [-0.4, -0.2) is 86.7 Å². The second-order valence-corrected chi connectivity index (χ2v) is 8.92. The largest absolute Gasteiger partial charge is 0.439 e. The molecule has 10 heteroatoms. The maximum atomic E-state index is 12.6. The van der Waals surface area contributed by atoms with E-state index in [0.717, 1.165) is 31.9 Å². The number of nitrogens with zero attached hydrogens (tertiary/aromatic N) is 3. The summed E-state index contributed by atoms with van der Waals surface area (Å²) in [7, 11) is -3.56. The van der Waals surface area contributed by atoms with E-state index >= 15 is 0 Å². The van der Waals surface area contributed by atoms with E-state index in [-0.39, 0.29) is 31.3 Å². The van der Waals surface area contributed by atoms with E-state index in [9.17, 15) is 18.0 Å². The summed E-state index contributed by atoms with van der Waals surface area (Å²) in [5.41, 5.74) is 0.427. The van der Waals surface area contributed by atoms with Gasteiger partial charge in [-0.2, -0.15) is 4.40 Å². The minimum Gasteiger partial charge on any atom is -0.439 e. The van der Waals surface area contributed by atoms with Gasteiger partial charge in [0.2, 0.25) is 10.0 Å². The molecule has 152 valence electrons. The third-order valence-electron chi connectivity index (χ3n) is 5.44. The Labute approximate surface area is 159 Å². The van der Waals surface area contributed by atoms with Crippen molar-refractivity contribution in [2.75, 3.05) is 32.6 Å². The van der Waals surface area contributed by atoms with E-state index < -0.39 is 22.2 Å². The molecule has 0 aromatic carbocycles. The van der Waals surface area contributed by atoms with Crippen LogP contribution in [0.25, 0.3) is 0 Å². The first-order valence-corrected chi connectivity index (χ1v) is 11.3. The number of ether oxygens (including phenoxy) is 2. The number of fused-ring (bicyclic) bond motifs is 7. The number of sulfonamides is 1. The van der Waals surface area contributed by atoms with Crippen molar-refractivity contribution in [2.24, 2.45) is 4.40 Å². The molecule has 0 radical (unpaired) electrons. The molecule has 1 saturated carbocycles. The lowest BCUT2D eigenvalue weighted by atomic mass is 9.92. The predicted octanol–water partition coefficient (Wildman–Crippen LogP) is 0.788. The van der Waals surface area contributed by atoms with Crippen molar-refractivity contribution in [2.45, 2.75) is 57.2 Å². The maximum Gasteiger partial charge on any atom is 0.410 e. The minimum atomic E-state index is -3.56. The van der Waals surface area contributed by atoms with E-state index in [1.807, 2.05) is 6.92 Å². The lowest BCUT2D eigenvalue weighted by Gasteiger charge is -2.35. The maximum absolute atomic E-state index is 12.6. The zero-order valence-electron chi connectivity index (χ0n) is 15.8. The molecule has 0 spiro atoms. The monoisotopic (exact) mass is 401 g/mol. The number of carbonyl (C=O) groups is 2. The van der Waals surface area contributed by atoms with Crippen LogP contribution >= 0.6 is 0 Å². The standard InChI is InChI=1S/C17H27N3O6S/c1-3-19-12-4-6-13(7-5-12)25-10-15-14(18-27(2,23)24)8-9-20(15)16(21)11-26-17(19)22/h12-13,15H,3-11H2,1-2H3/b18-14+. The average molecular weight is 401 g/mol. The molecule has 0 aromatic rings. The van der Waals surface area contributed by atoms with Crippen LogP contribution in [0.1, 0.15) is 39.0 Å². The van der Waals surface area contributed by atoms with E-state index in [4.69, 9.17) is 9.47 Å². The highest BCUT2D eigenvalue weighted by molar-refractivity contribution is 7.89. The van der Waals surface area contributed by atoms with Gasteiger partial charge in [0.1, 0.15) is 0 Å². The molecule has 4 fully saturated rings. The zero-order valence-corrected chi connectivity index (χ0v) is 16.6. The van der Waals surface area contributed by atoms with Crippen LogP contribution in [-0.2, 0) is 24.3 Å². The fourth-order valence-electron chi connectivity index (χ4n) is 4.12.